The van der Waals surface area contributed by atoms with Crippen LogP contribution < -0.4 is 5.32 Å². The summed E-state index contributed by atoms with van der Waals surface area (Å²) in [5.74, 6) is 1.000. The lowest BCUT2D eigenvalue weighted by Crippen LogP contribution is -2.41. The van der Waals surface area contributed by atoms with Crippen LogP contribution in [0.1, 0.15) is 46.0 Å². The van der Waals surface area contributed by atoms with Crippen LogP contribution >= 0.6 is 0 Å². The molecule has 2 N–H and O–H groups in total. The Morgan fingerprint density at radius 1 is 1.23 bits per heavy atom. The molecule has 2 heteroatoms. The molecule has 2 atom stereocenters. The van der Waals surface area contributed by atoms with Crippen LogP contribution in [0, 0.1) is 5.92 Å². The van der Waals surface area contributed by atoms with Crippen LogP contribution in [0.2, 0.25) is 0 Å². The number of aliphatic hydroxyl groups excluding tert-OH is 1. The third kappa shape index (κ3) is 5.27. The van der Waals surface area contributed by atoms with Crippen molar-refractivity contribution in [2.45, 2.75) is 52.0 Å². The van der Waals surface area contributed by atoms with Crippen LogP contribution in [-0.2, 0) is 0 Å². The van der Waals surface area contributed by atoms with E-state index in [2.05, 4.69) is 19.3 Å². The highest BCUT2D eigenvalue weighted by Crippen LogP contribution is 2.30. The number of aliphatic hydroxyl groups is 1. The average molecular weight is 187 g/mol. The molecular formula is C11H25NO. The fourth-order valence-corrected chi connectivity index (χ4v) is 1.67. The predicted molar refractivity (Wildman–Crippen MR) is 57.9 cm³/mol. The molecule has 1 saturated carbocycles. The molecule has 1 fully saturated rings. The van der Waals surface area contributed by atoms with Gasteiger partial charge in [0, 0.05) is 12.6 Å². The first-order valence-electron chi connectivity index (χ1n) is 5.58. The summed E-state index contributed by atoms with van der Waals surface area (Å²) in [5, 5.41) is 11.2. The average Bonchev–Trinajstić information content (AvgIpc) is 2.14. The third-order valence-electron chi connectivity index (χ3n) is 2.67. The Bertz CT molecular complexity index is 102. The highest BCUT2D eigenvalue weighted by Gasteiger charge is 2.27. The summed E-state index contributed by atoms with van der Waals surface area (Å²) in [4.78, 5) is 0. The minimum absolute atomic E-state index is 0.319. The van der Waals surface area contributed by atoms with Gasteiger partial charge < -0.3 is 10.4 Å². The zero-order chi connectivity index (χ0) is 10.1. The van der Waals surface area contributed by atoms with E-state index in [0.29, 0.717) is 6.61 Å². The van der Waals surface area contributed by atoms with Gasteiger partial charge in [0.15, 0.2) is 0 Å². The second kappa shape index (κ2) is 8.52. The largest absolute Gasteiger partial charge is 0.396 e. The third-order valence-corrected chi connectivity index (χ3v) is 2.67. The molecule has 0 amide bonds. The maximum atomic E-state index is 7.88. The number of hydrogen-bond acceptors (Lipinski definition) is 2. The molecule has 0 bridgehead atoms. The van der Waals surface area contributed by atoms with Gasteiger partial charge in [0.2, 0.25) is 0 Å². The van der Waals surface area contributed by atoms with E-state index in [9.17, 15) is 0 Å². The molecule has 1 aliphatic carbocycles. The van der Waals surface area contributed by atoms with E-state index in [-0.39, 0.29) is 0 Å². The molecule has 13 heavy (non-hydrogen) atoms. The first-order chi connectivity index (χ1) is 6.29. The quantitative estimate of drug-likeness (QED) is 0.707. The molecule has 2 nitrogen and oxygen atoms in total. The number of hydrogen-bond donors (Lipinski definition) is 2. The van der Waals surface area contributed by atoms with Crippen molar-refractivity contribution in [2.24, 2.45) is 5.92 Å². The van der Waals surface area contributed by atoms with E-state index in [4.69, 9.17) is 5.11 Å². The molecule has 0 aromatic heterocycles. The molecule has 2 unspecified atom stereocenters. The Morgan fingerprint density at radius 3 is 2.08 bits per heavy atom. The van der Waals surface area contributed by atoms with Crippen molar-refractivity contribution in [1.29, 1.82) is 0 Å². The van der Waals surface area contributed by atoms with Crippen molar-refractivity contribution in [1.82, 2.24) is 5.32 Å². The van der Waals surface area contributed by atoms with E-state index in [0.717, 1.165) is 18.4 Å². The SMILES string of the molecule is CCCC1CCC1NC.CCCO. The van der Waals surface area contributed by atoms with Gasteiger partial charge in [0.1, 0.15) is 0 Å². The minimum atomic E-state index is 0.319. The van der Waals surface area contributed by atoms with Gasteiger partial charge in [-0.05, 0) is 38.6 Å². The van der Waals surface area contributed by atoms with Crippen LogP contribution in [-0.4, -0.2) is 24.8 Å². The molecule has 0 aromatic rings. The van der Waals surface area contributed by atoms with Gasteiger partial charge in [0.25, 0.3) is 0 Å². The van der Waals surface area contributed by atoms with E-state index >= 15 is 0 Å². The summed E-state index contributed by atoms with van der Waals surface area (Å²) in [5.41, 5.74) is 0. The van der Waals surface area contributed by atoms with E-state index < -0.39 is 0 Å². The zero-order valence-electron chi connectivity index (χ0n) is 9.34. The summed E-state index contributed by atoms with van der Waals surface area (Å²) in [6.45, 7) is 4.52. The smallest absolute Gasteiger partial charge is 0.0428 e. The van der Waals surface area contributed by atoms with Gasteiger partial charge >= 0.3 is 0 Å². The second-order valence-electron chi connectivity index (χ2n) is 3.74. The normalized spacial score (nSPS) is 25.8. The fourth-order valence-electron chi connectivity index (χ4n) is 1.67. The Labute approximate surface area is 82.7 Å². The molecular weight excluding hydrogens is 162 g/mol. The monoisotopic (exact) mass is 187 g/mol. The van der Waals surface area contributed by atoms with Gasteiger partial charge in [-0.2, -0.15) is 0 Å². The van der Waals surface area contributed by atoms with Crippen LogP contribution in [0.5, 0.6) is 0 Å². The first kappa shape index (κ1) is 12.9. The lowest BCUT2D eigenvalue weighted by Gasteiger charge is -2.36. The van der Waals surface area contributed by atoms with Crippen LogP contribution in [0.15, 0.2) is 0 Å². The highest BCUT2D eigenvalue weighted by molar-refractivity contribution is 4.84. The highest BCUT2D eigenvalue weighted by atomic mass is 16.2. The standard InChI is InChI=1S/C8H17N.C3H8O/c1-3-4-7-5-6-8(7)9-2;1-2-3-4/h7-9H,3-6H2,1-2H3;4H,2-3H2,1H3. The van der Waals surface area contributed by atoms with E-state index in [1.54, 1.807) is 0 Å². The molecule has 0 spiro atoms. The summed E-state index contributed by atoms with van der Waals surface area (Å²) in [6, 6.07) is 0.852. The first-order valence-corrected chi connectivity index (χ1v) is 5.58. The fraction of sp³-hybridized carbons (Fsp3) is 1.00. The molecule has 1 rings (SSSR count). The van der Waals surface area contributed by atoms with Crippen LogP contribution in [0.4, 0.5) is 0 Å². The Balaban J connectivity index is 0.000000310. The zero-order valence-corrected chi connectivity index (χ0v) is 9.34. The summed E-state index contributed by atoms with van der Waals surface area (Å²) >= 11 is 0. The van der Waals surface area contributed by atoms with Gasteiger partial charge in [-0.15, -0.1) is 0 Å². The Kier molecular flexibility index (Phi) is 8.46. The van der Waals surface area contributed by atoms with Gasteiger partial charge in [-0.25, -0.2) is 0 Å². The van der Waals surface area contributed by atoms with Crippen molar-refractivity contribution < 1.29 is 5.11 Å². The van der Waals surface area contributed by atoms with Gasteiger partial charge in [0.05, 0.1) is 0 Å². The molecule has 0 heterocycles. The number of nitrogens with one attached hydrogen (secondary N) is 1. The Hall–Kier alpha value is -0.0800. The summed E-state index contributed by atoms with van der Waals surface area (Å²) in [6.07, 6.45) is 6.51. The van der Waals surface area contributed by atoms with E-state index in [1.807, 2.05) is 6.92 Å². The molecule has 0 aliphatic heterocycles. The van der Waals surface area contributed by atoms with Crippen molar-refractivity contribution >= 4 is 0 Å². The summed E-state index contributed by atoms with van der Waals surface area (Å²) < 4.78 is 0. The second-order valence-corrected chi connectivity index (χ2v) is 3.74. The predicted octanol–water partition coefficient (Wildman–Crippen LogP) is 2.17. The molecule has 0 radical (unpaired) electrons. The lowest BCUT2D eigenvalue weighted by molar-refractivity contribution is 0.206. The van der Waals surface area contributed by atoms with Gasteiger partial charge in [-0.3, -0.25) is 0 Å². The van der Waals surface area contributed by atoms with Crippen LogP contribution in [0.25, 0.3) is 0 Å². The molecule has 80 valence electrons. The van der Waals surface area contributed by atoms with Crippen molar-refractivity contribution in [3.05, 3.63) is 0 Å². The van der Waals surface area contributed by atoms with Crippen molar-refractivity contribution in [2.75, 3.05) is 13.7 Å². The molecule has 0 saturated heterocycles. The summed E-state index contributed by atoms with van der Waals surface area (Å²) in [7, 11) is 2.08. The maximum absolute atomic E-state index is 7.88. The maximum Gasteiger partial charge on any atom is 0.0428 e. The van der Waals surface area contributed by atoms with Crippen molar-refractivity contribution in [3.63, 3.8) is 0 Å². The van der Waals surface area contributed by atoms with Crippen LogP contribution in [0.3, 0.4) is 0 Å². The van der Waals surface area contributed by atoms with Crippen molar-refractivity contribution in [3.8, 4) is 0 Å². The molecule has 0 aromatic carbocycles. The van der Waals surface area contributed by atoms with Gasteiger partial charge in [-0.1, -0.05) is 20.3 Å². The number of rotatable bonds is 4. The topological polar surface area (TPSA) is 32.3 Å². The minimum Gasteiger partial charge on any atom is -0.396 e. The lowest BCUT2D eigenvalue weighted by atomic mass is 9.77. The Morgan fingerprint density at radius 2 is 1.85 bits per heavy atom. The van der Waals surface area contributed by atoms with E-state index in [1.165, 1.54) is 25.7 Å². The molecule has 1 aliphatic rings.